The molecule has 0 aromatic heterocycles. The summed E-state index contributed by atoms with van der Waals surface area (Å²) in [4.78, 5) is 0. The van der Waals surface area contributed by atoms with Gasteiger partial charge in [0.05, 0.1) is 12.9 Å². The summed E-state index contributed by atoms with van der Waals surface area (Å²) < 4.78 is 4.82. The smallest absolute Gasteiger partial charge is 0.0996 e. The Labute approximate surface area is 60.9 Å². The zero-order chi connectivity index (χ0) is 6.41. The minimum Gasteiger partial charge on any atom is -0.501 e. The fraction of sp³-hybridized carbons (Fsp3) is 0.600. The monoisotopic (exact) mass is 150 g/mol. The molecule has 0 heterocycles. The Hall–Kier alpha value is 0.240. The van der Waals surface area contributed by atoms with E-state index in [2.05, 4.69) is 31.8 Å². The van der Waals surface area contributed by atoms with E-state index in [1.165, 1.54) is 6.26 Å². The van der Waals surface area contributed by atoms with E-state index in [1.54, 1.807) is 0 Å². The Morgan fingerprint density at radius 3 is 2.75 bits per heavy atom. The van der Waals surface area contributed by atoms with Crippen molar-refractivity contribution in [2.24, 2.45) is 0 Å². The average Bonchev–Trinajstić information content (AvgIpc) is 1.83. The molecule has 0 aromatic rings. The minimum absolute atomic E-state index is 0.219. The highest BCUT2D eigenvalue weighted by molar-refractivity contribution is 7.84. The van der Waals surface area contributed by atoms with Crippen molar-refractivity contribution >= 4 is 25.3 Å². The molecule has 0 radical (unpaired) electrons. The van der Waals surface area contributed by atoms with Crippen LogP contribution in [-0.4, -0.2) is 17.6 Å². The molecule has 0 aromatic carbocycles. The maximum Gasteiger partial charge on any atom is 0.0996 e. The molecular formula is C5H10OS2. The third kappa shape index (κ3) is 4.40. The van der Waals surface area contributed by atoms with Crippen LogP contribution in [0.4, 0.5) is 0 Å². The summed E-state index contributed by atoms with van der Waals surface area (Å²) >= 11 is 8.11. The summed E-state index contributed by atoms with van der Waals surface area (Å²) in [6.07, 6.45) is 1.41. The molecule has 0 rings (SSSR count). The molecule has 0 aliphatic heterocycles. The van der Waals surface area contributed by atoms with Crippen LogP contribution < -0.4 is 0 Å². The molecule has 0 spiro atoms. The lowest BCUT2D eigenvalue weighted by Crippen LogP contribution is -2.07. The fourth-order valence-electron chi connectivity index (χ4n) is 0.232. The quantitative estimate of drug-likeness (QED) is 0.454. The van der Waals surface area contributed by atoms with Crippen LogP contribution in [-0.2, 0) is 4.74 Å². The molecule has 0 aliphatic carbocycles. The number of hydrogen-bond acceptors (Lipinski definition) is 3. The van der Waals surface area contributed by atoms with Gasteiger partial charge in [0.2, 0.25) is 0 Å². The van der Waals surface area contributed by atoms with Gasteiger partial charge in [-0.25, -0.2) is 0 Å². The number of hydrogen-bond donors (Lipinski definition) is 2. The Kier molecular flexibility index (Phi) is 5.54. The Morgan fingerprint density at radius 2 is 2.38 bits per heavy atom. The Bertz CT molecular complexity index is 65.4. The van der Waals surface area contributed by atoms with E-state index in [-0.39, 0.29) is 5.25 Å². The lowest BCUT2D eigenvalue weighted by atomic mass is 10.5. The van der Waals surface area contributed by atoms with E-state index in [0.717, 1.165) is 5.75 Å². The van der Waals surface area contributed by atoms with Crippen molar-refractivity contribution in [2.75, 3.05) is 12.4 Å². The molecule has 0 amide bonds. The van der Waals surface area contributed by atoms with Gasteiger partial charge in [0.25, 0.3) is 0 Å². The highest BCUT2D eigenvalue weighted by atomic mass is 32.1. The summed E-state index contributed by atoms with van der Waals surface area (Å²) in [5, 5.41) is 0.219. The van der Waals surface area contributed by atoms with Gasteiger partial charge in [0, 0.05) is 11.0 Å². The van der Waals surface area contributed by atoms with E-state index in [4.69, 9.17) is 4.74 Å². The summed E-state index contributed by atoms with van der Waals surface area (Å²) in [6, 6.07) is 0. The third-order valence-corrected chi connectivity index (χ3v) is 1.68. The van der Waals surface area contributed by atoms with Gasteiger partial charge in [0.1, 0.15) is 0 Å². The zero-order valence-electron chi connectivity index (χ0n) is 4.58. The molecule has 0 aliphatic rings. The highest BCUT2D eigenvalue weighted by Gasteiger charge is 1.96. The van der Waals surface area contributed by atoms with Gasteiger partial charge < -0.3 is 4.74 Å². The molecular weight excluding hydrogens is 140 g/mol. The average molecular weight is 150 g/mol. The van der Waals surface area contributed by atoms with Crippen LogP contribution in [0, 0.1) is 0 Å². The molecule has 0 bridgehead atoms. The molecule has 0 saturated carbocycles. The lowest BCUT2D eigenvalue weighted by Gasteiger charge is -2.04. The van der Waals surface area contributed by atoms with Crippen molar-refractivity contribution in [3.8, 4) is 0 Å². The van der Waals surface area contributed by atoms with E-state index >= 15 is 0 Å². The van der Waals surface area contributed by atoms with Crippen molar-refractivity contribution in [1.29, 1.82) is 0 Å². The van der Waals surface area contributed by atoms with Crippen LogP contribution >= 0.6 is 25.3 Å². The zero-order valence-corrected chi connectivity index (χ0v) is 6.37. The van der Waals surface area contributed by atoms with Gasteiger partial charge >= 0.3 is 0 Å². The SMILES string of the molecule is C=COCC(S)CS. The van der Waals surface area contributed by atoms with Gasteiger partial charge in [-0.15, -0.1) is 0 Å². The standard InChI is InChI=1S/C5H10OS2/c1-2-6-3-5(8)4-7/h2,5,7-8H,1,3-4H2. The van der Waals surface area contributed by atoms with Crippen LogP contribution in [0.2, 0.25) is 0 Å². The molecule has 0 saturated heterocycles. The van der Waals surface area contributed by atoms with Gasteiger partial charge in [0.15, 0.2) is 0 Å². The van der Waals surface area contributed by atoms with E-state index in [1.807, 2.05) is 0 Å². The molecule has 8 heavy (non-hydrogen) atoms. The summed E-state index contributed by atoms with van der Waals surface area (Å²) in [5.41, 5.74) is 0. The maximum absolute atomic E-state index is 4.82. The first kappa shape index (κ1) is 8.24. The van der Waals surface area contributed by atoms with Gasteiger partial charge in [-0.2, -0.15) is 25.3 Å². The van der Waals surface area contributed by atoms with E-state index in [0.29, 0.717) is 6.61 Å². The van der Waals surface area contributed by atoms with Crippen molar-refractivity contribution in [3.05, 3.63) is 12.8 Å². The molecule has 1 nitrogen and oxygen atoms in total. The molecule has 0 N–H and O–H groups in total. The fourth-order valence-corrected chi connectivity index (χ4v) is 0.423. The van der Waals surface area contributed by atoms with Crippen LogP contribution in [0.1, 0.15) is 0 Å². The van der Waals surface area contributed by atoms with E-state index in [9.17, 15) is 0 Å². The second-order valence-electron chi connectivity index (χ2n) is 1.34. The van der Waals surface area contributed by atoms with Crippen LogP contribution in [0.5, 0.6) is 0 Å². The van der Waals surface area contributed by atoms with E-state index < -0.39 is 0 Å². The highest BCUT2D eigenvalue weighted by Crippen LogP contribution is 1.97. The van der Waals surface area contributed by atoms with Crippen molar-refractivity contribution < 1.29 is 4.74 Å². The number of ether oxygens (including phenoxy) is 1. The Balaban J connectivity index is 2.97. The van der Waals surface area contributed by atoms with Gasteiger partial charge in [-0.1, -0.05) is 6.58 Å². The molecule has 1 atom stereocenters. The van der Waals surface area contributed by atoms with Crippen LogP contribution in [0.15, 0.2) is 12.8 Å². The normalized spacial score (nSPS) is 12.8. The largest absolute Gasteiger partial charge is 0.501 e. The molecule has 3 heteroatoms. The first-order chi connectivity index (χ1) is 3.81. The first-order valence-corrected chi connectivity index (χ1v) is 3.47. The minimum atomic E-state index is 0.219. The predicted octanol–water partition coefficient (Wildman–Crippen LogP) is 1.37. The van der Waals surface area contributed by atoms with Gasteiger partial charge in [-0.3, -0.25) is 0 Å². The molecule has 48 valence electrons. The molecule has 1 unspecified atom stereocenters. The van der Waals surface area contributed by atoms with Crippen LogP contribution in [0.3, 0.4) is 0 Å². The second kappa shape index (κ2) is 5.38. The lowest BCUT2D eigenvalue weighted by molar-refractivity contribution is 0.257. The number of rotatable bonds is 4. The third-order valence-electron chi connectivity index (χ3n) is 0.617. The summed E-state index contributed by atoms with van der Waals surface area (Å²) in [6.45, 7) is 3.98. The first-order valence-electron chi connectivity index (χ1n) is 2.32. The summed E-state index contributed by atoms with van der Waals surface area (Å²) in [7, 11) is 0. The second-order valence-corrected chi connectivity index (χ2v) is 2.43. The van der Waals surface area contributed by atoms with Crippen molar-refractivity contribution in [1.82, 2.24) is 0 Å². The maximum atomic E-state index is 4.82. The van der Waals surface area contributed by atoms with Gasteiger partial charge in [-0.05, 0) is 0 Å². The molecule has 0 fully saturated rings. The summed E-state index contributed by atoms with van der Waals surface area (Å²) in [5.74, 6) is 0.733. The van der Waals surface area contributed by atoms with Crippen LogP contribution in [0.25, 0.3) is 0 Å². The predicted molar refractivity (Wildman–Crippen MR) is 42.8 cm³/mol. The number of thiol groups is 2. The topological polar surface area (TPSA) is 9.23 Å². The Morgan fingerprint density at radius 1 is 1.75 bits per heavy atom. The van der Waals surface area contributed by atoms with Crippen molar-refractivity contribution in [3.63, 3.8) is 0 Å². The van der Waals surface area contributed by atoms with Crippen molar-refractivity contribution in [2.45, 2.75) is 5.25 Å².